The molecule has 82 valence electrons. The van der Waals surface area contributed by atoms with E-state index in [1.165, 1.54) is 24.3 Å². The predicted octanol–water partition coefficient (Wildman–Crippen LogP) is 3.87. The summed E-state index contributed by atoms with van der Waals surface area (Å²) in [4.78, 5) is 0. The largest absolute Gasteiger partial charge is 0.397 e. The first kappa shape index (κ1) is 10.9. The van der Waals surface area contributed by atoms with Crippen LogP contribution in [0.5, 0.6) is 0 Å². The van der Waals surface area contributed by atoms with Crippen molar-refractivity contribution in [1.82, 2.24) is 0 Å². The monoisotopic (exact) mass is 239 g/mol. The molecule has 0 bridgehead atoms. The Hall–Kier alpha value is -1.61. The van der Waals surface area contributed by atoms with Gasteiger partial charge in [-0.2, -0.15) is 0 Å². The fraction of sp³-hybridized carbons (Fsp3) is 0. The fourth-order valence-electron chi connectivity index (χ4n) is 1.45. The Morgan fingerprint density at radius 1 is 0.938 bits per heavy atom. The lowest BCUT2D eigenvalue weighted by Crippen LogP contribution is -1.93. The minimum atomic E-state index is -0.591. The van der Waals surface area contributed by atoms with Crippen LogP contribution in [0, 0.1) is 11.6 Å². The third kappa shape index (κ3) is 1.86. The van der Waals surface area contributed by atoms with Gasteiger partial charge in [0.25, 0.3) is 0 Å². The van der Waals surface area contributed by atoms with E-state index in [1.54, 1.807) is 6.07 Å². The molecule has 4 heteroatoms. The van der Waals surface area contributed by atoms with Crippen LogP contribution in [0.2, 0.25) is 5.02 Å². The summed E-state index contributed by atoms with van der Waals surface area (Å²) in [5, 5.41) is 0.208. The van der Waals surface area contributed by atoms with Crippen LogP contribution < -0.4 is 5.73 Å². The van der Waals surface area contributed by atoms with Gasteiger partial charge in [-0.3, -0.25) is 0 Å². The molecule has 0 saturated carbocycles. The standard InChI is InChI=1S/C12H8ClF2N/c13-9-5-8(11(15)6-12(9)16)7-3-1-2-4-10(7)14/h1-6H,16H2. The molecule has 0 heterocycles. The Kier molecular flexibility index (Phi) is 2.79. The van der Waals surface area contributed by atoms with Crippen LogP contribution in [-0.2, 0) is 0 Å². The smallest absolute Gasteiger partial charge is 0.133 e. The molecule has 1 nitrogen and oxygen atoms in total. The minimum absolute atomic E-state index is 0.109. The highest BCUT2D eigenvalue weighted by Crippen LogP contribution is 2.31. The number of halogens is 3. The average molecular weight is 240 g/mol. The van der Waals surface area contributed by atoms with Gasteiger partial charge >= 0.3 is 0 Å². The second-order valence-electron chi connectivity index (χ2n) is 3.33. The fourth-order valence-corrected chi connectivity index (χ4v) is 1.61. The summed E-state index contributed by atoms with van der Waals surface area (Å²) in [6.07, 6.45) is 0. The molecule has 0 fully saturated rings. The quantitative estimate of drug-likeness (QED) is 0.751. The van der Waals surface area contributed by atoms with Gasteiger partial charge in [-0.05, 0) is 18.2 Å². The summed E-state index contributed by atoms with van der Waals surface area (Å²) in [6, 6.07) is 8.33. The molecule has 2 N–H and O–H groups in total. The zero-order chi connectivity index (χ0) is 11.7. The molecule has 2 rings (SSSR count). The van der Waals surface area contributed by atoms with Crippen LogP contribution in [-0.4, -0.2) is 0 Å². The van der Waals surface area contributed by atoms with Gasteiger partial charge in [0.05, 0.1) is 10.7 Å². The molecule has 0 amide bonds. The lowest BCUT2D eigenvalue weighted by Gasteiger charge is -2.07. The zero-order valence-corrected chi connectivity index (χ0v) is 8.93. The van der Waals surface area contributed by atoms with Crippen LogP contribution in [0.4, 0.5) is 14.5 Å². The van der Waals surface area contributed by atoms with E-state index in [1.807, 2.05) is 0 Å². The molecule has 0 aromatic heterocycles. The average Bonchev–Trinajstić information content (AvgIpc) is 2.25. The highest BCUT2D eigenvalue weighted by atomic mass is 35.5. The van der Waals surface area contributed by atoms with E-state index < -0.39 is 11.6 Å². The van der Waals surface area contributed by atoms with E-state index in [4.69, 9.17) is 17.3 Å². The van der Waals surface area contributed by atoms with Gasteiger partial charge in [0.15, 0.2) is 0 Å². The van der Waals surface area contributed by atoms with Gasteiger partial charge in [-0.15, -0.1) is 0 Å². The van der Waals surface area contributed by atoms with Crippen LogP contribution >= 0.6 is 11.6 Å². The summed E-state index contributed by atoms with van der Waals surface area (Å²) in [5.41, 5.74) is 5.86. The van der Waals surface area contributed by atoms with Gasteiger partial charge in [0.1, 0.15) is 11.6 Å². The molecule has 2 aromatic rings. The van der Waals surface area contributed by atoms with Crippen LogP contribution in [0.25, 0.3) is 11.1 Å². The zero-order valence-electron chi connectivity index (χ0n) is 8.18. The van der Waals surface area contributed by atoms with Gasteiger partial charge in [-0.1, -0.05) is 29.8 Å². The summed E-state index contributed by atoms with van der Waals surface area (Å²) in [7, 11) is 0. The molecule has 0 atom stereocenters. The molecule has 0 aliphatic carbocycles. The lowest BCUT2D eigenvalue weighted by molar-refractivity contribution is 0.616. The Balaban J connectivity index is 2.65. The molecular formula is C12H8ClF2N. The highest BCUT2D eigenvalue weighted by Gasteiger charge is 2.11. The molecule has 0 aliphatic rings. The summed E-state index contributed by atoms with van der Waals surface area (Å²) in [5.74, 6) is -1.09. The van der Waals surface area contributed by atoms with E-state index in [-0.39, 0.29) is 21.8 Å². The first-order chi connectivity index (χ1) is 7.59. The second kappa shape index (κ2) is 4.10. The van der Waals surface area contributed by atoms with Crippen molar-refractivity contribution in [3.63, 3.8) is 0 Å². The Labute approximate surface area is 96.5 Å². The predicted molar refractivity (Wildman–Crippen MR) is 61.2 cm³/mol. The topological polar surface area (TPSA) is 26.0 Å². The van der Waals surface area contributed by atoms with Gasteiger partial charge in [0.2, 0.25) is 0 Å². The third-order valence-electron chi connectivity index (χ3n) is 2.25. The molecule has 0 saturated heterocycles. The second-order valence-corrected chi connectivity index (χ2v) is 3.74. The normalized spacial score (nSPS) is 10.4. The maximum absolute atomic E-state index is 13.6. The summed E-state index contributed by atoms with van der Waals surface area (Å²) in [6.45, 7) is 0. The van der Waals surface area contributed by atoms with E-state index in [2.05, 4.69) is 0 Å². The van der Waals surface area contributed by atoms with Crippen molar-refractivity contribution in [3.05, 3.63) is 53.1 Å². The van der Waals surface area contributed by atoms with Crippen molar-refractivity contribution in [1.29, 1.82) is 0 Å². The number of rotatable bonds is 1. The maximum Gasteiger partial charge on any atom is 0.133 e. The van der Waals surface area contributed by atoms with Gasteiger partial charge in [-0.25, -0.2) is 8.78 Å². The van der Waals surface area contributed by atoms with E-state index in [9.17, 15) is 8.78 Å². The van der Waals surface area contributed by atoms with Crippen LogP contribution in [0.3, 0.4) is 0 Å². The number of hydrogen-bond acceptors (Lipinski definition) is 1. The molecular weight excluding hydrogens is 232 g/mol. The van der Waals surface area contributed by atoms with Crippen molar-refractivity contribution < 1.29 is 8.78 Å². The molecule has 0 aliphatic heterocycles. The van der Waals surface area contributed by atoms with Crippen molar-refractivity contribution in [2.75, 3.05) is 5.73 Å². The van der Waals surface area contributed by atoms with Gasteiger partial charge in [0, 0.05) is 11.1 Å². The number of nitrogens with two attached hydrogens (primary N) is 1. The van der Waals surface area contributed by atoms with Crippen molar-refractivity contribution in [2.24, 2.45) is 0 Å². The Bertz CT molecular complexity index is 541. The van der Waals surface area contributed by atoms with Crippen LogP contribution in [0.15, 0.2) is 36.4 Å². The van der Waals surface area contributed by atoms with Crippen molar-refractivity contribution in [2.45, 2.75) is 0 Å². The van der Waals surface area contributed by atoms with Gasteiger partial charge < -0.3 is 5.73 Å². The highest BCUT2D eigenvalue weighted by molar-refractivity contribution is 6.33. The number of nitrogen functional groups attached to an aromatic ring is 1. The minimum Gasteiger partial charge on any atom is -0.397 e. The van der Waals surface area contributed by atoms with Crippen LogP contribution in [0.1, 0.15) is 0 Å². The number of hydrogen-bond donors (Lipinski definition) is 1. The Morgan fingerprint density at radius 3 is 2.31 bits per heavy atom. The molecule has 0 spiro atoms. The SMILES string of the molecule is Nc1cc(F)c(-c2ccccc2F)cc1Cl. The van der Waals surface area contributed by atoms with E-state index in [0.29, 0.717) is 0 Å². The van der Waals surface area contributed by atoms with Crippen molar-refractivity contribution >= 4 is 17.3 Å². The lowest BCUT2D eigenvalue weighted by atomic mass is 10.0. The number of anilines is 1. The Morgan fingerprint density at radius 2 is 1.62 bits per heavy atom. The maximum atomic E-state index is 13.6. The molecule has 16 heavy (non-hydrogen) atoms. The molecule has 0 unspecified atom stereocenters. The van der Waals surface area contributed by atoms with E-state index in [0.717, 1.165) is 6.07 Å². The molecule has 2 aromatic carbocycles. The van der Waals surface area contributed by atoms with E-state index >= 15 is 0 Å². The number of benzene rings is 2. The third-order valence-corrected chi connectivity index (χ3v) is 2.58. The first-order valence-electron chi connectivity index (χ1n) is 4.59. The summed E-state index contributed by atoms with van der Waals surface area (Å²) < 4.78 is 27.0. The molecule has 0 radical (unpaired) electrons. The van der Waals surface area contributed by atoms with Crippen molar-refractivity contribution in [3.8, 4) is 11.1 Å². The summed E-state index contributed by atoms with van der Waals surface area (Å²) >= 11 is 5.77. The first-order valence-corrected chi connectivity index (χ1v) is 4.97.